The molecule has 5 heteroatoms. The van der Waals surface area contributed by atoms with Gasteiger partial charge in [0.25, 0.3) is 0 Å². The van der Waals surface area contributed by atoms with Crippen molar-refractivity contribution in [3.05, 3.63) is 64.1 Å². The Morgan fingerprint density at radius 3 is 2.40 bits per heavy atom. The predicted octanol–water partition coefficient (Wildman–Crippen LogP) is 7.10. The Morgan fingerprint density at radius 2 is 1.73 bits per heavy atom. The molecular weight excluding hydrogens is 442 g/mol. The molecule has 1 amide bonds. The summed E-state index contributed by atoms with van der Waals surface area (Å²) >= 11 is 3.68. The van der Waals surface area contributed by atoms with E-state index in [1.54, 1.807) is 0 Å². The third kappa shape index (κ3) is 6.49. The molecule has 1 saturated carbocycles. The second-order valence-electron chi connectivity index (χ2n) is 8.89. The van der Waals surface area contributed by atoms with Gasteiger partial charge in [0, 0.05) is 16.1 Å². The van der Waals surface area contributed by atoms with Gasteiger partial charge < -0.3 is 14.4 Å². The van der Waals surface area contributed by atoms with E-state index >= 15 is 0 Å². The minimum Gasteiger partial charge on any atom is -0.489 e. The van der Waals surface area contributed by atoms with Gasteiger partial charge in [-0.05, 0) is 51.3 Å². The quantitative estimate of drug-likeness (QED) is 0.448. The summed E-state index contributed by atoms with van der Waals surface area (Å²) in [7, 11) is 0. The van der Waals surface area contributed by atoms with Crippen LogP contribution in [-0.2, 0) is 17.9 Å². The van der Waals surface area contributed by atoms with Gasteiger partial charge >= 0.3 is 6.09 Å². The maximum absolute atomic E-state index is 13.1. The molecule has 0 unspecified atom stereocenters. The molecule has 0 bridgehead atoms. The van der Waals surface area contributed by atoms with E-state index in [0.717, 1.165) is 47.0 Å². The third-order valence-corrected chi connectivity index (χ3v) is 6.03. The zero-order valence-corrected chi connectivity index (χ0v) is 19.8. The fraction of sp³-hybridized carbons (Fsp3) is 0.480. The fourth-order valence-electron chi connectivity index (χ4n) is 3.79. The zero-order chi connectivity index (χ0) is 21.6. The van der Waals surface area contributed by atoms with Crippen molar-refractivity contribution in [2.24, 2.45) is 0 Å². The molecule has 0 saturated heterocycles. The molecule has 3 rings (SSSR count). The van der Waals surface area contributed by atoms with Crippen molar-refractivity contribution in [1.29, 1.82) is 0 Å². The lowest BCUT2D eigenvalue weighted by Crippen LogP contribution is -2.43. The normalized spacial score (nSPS) is 14.9. The molecule has 0 aromatic heterocycles. The Kier molecular flexibility index (Phi) is 7.81. The number of ether oxygens (including phenoxy) is 2. The summed E-state index contributed by atoms with van der Waals surface area (Å²) in [4.78, 5) is 15.0. The number of hydrogen-bond donors (Lipinski definition) is 0. The summed E-state index contributed by atoms with van der Waals surface area (Å²) in [6, 6.07) is 16.2. The van der Waals surface area contributed by atoms with E-state index in [0.29, 0.717) is 13.2 Å². The fourth-order valence-corrected chi connectivity index (χ4v) is 4.26. The second-order valence-corrected chi connectivity index (χ2v) is 9.75. The largest absolute Gasteiger partial charge is 0.489 e. The summed E-state index contributed by atoms with van der Waals surface area (Å²) in [6.07, 6.45) is 5.32. The van der Waals surface area contributed by atoms with Gasteiger partial charge in [-0.2, -0.15) is 0 Å². The molecule has 0 spiro atoms. The Balaban J connectivity index is 1.82. The number of carbonyl (C=O) groups is 1. The Hall–Kier alpha value is -2.01. The van der Waals surface area contributed by atoms with Crippen LogP contribution >= 0.6 is 15.9 Å². The number of amides is 1. The van der Waals surface area contributed by atoms with Gasteiger partial charge in [-0.1, -0.05) is 71.6 Å². The van der Waals surface area contributed by atoms with Gasteiger partial charge in [0.1, 0.15) is 18.0 Å². The van der Waals surface area contributed by atoms with Crippen LogP contribution in [-0.4, -0.2) is 22.6 Å². The van der Waals surface area contributed by atoms with E-state index in [1.165, 1.54) is 6.42 Å². The second kappa shape index (κ2) is 10.3. The van der Waals surface area contributed by atoms with Crippen LogP contribution in [0.4, 0.5) is 4.79 Å². The van der Waals surface area contributed by atoms with Crippen LogP contribution in [0, 0.1) is 0 Å². The number of nitrogens with zero attached hydrogens (tertiary/aromatic N) is 1. The zero-order valence-electron chi connectivity index (χ0n) is 18.2. The maximum atomic E-state index is 13.1. The van der Waals surface area contributed by atoms with Gasteiger partial charge in [-0.3, -0.25) is 0 Å². The van der Waals surface area contributed by atoms with Crippen LogP contribution in [0.25, 0.3) is 0 Å². The highest BCUT2D eigenvalue weighted by atomic mass is 79.9. The summed E-state index contributed by atoms with van der Waals surface area (Å²) < 4.78 is 12.9. The average molecular weight is 474 g/mol. The van der Waals surface area contributed by atoms with Crippen molar-refractivity contribution in [2.45, 2.75) is 77.7 Å². The highest BCUT2D eigenvalue weighted by Crippen LogP contribution is 2.32. The van der Waals surface area contributed by atoms with Crippen LogP contribution in [0.15, 0.2) is 53.0 Å². The topological polar surface area (TPSA) is 38.8 Å². The first-order valence-corrected chi connectivity index (χ1v) is 11.6. The molecule has 1 fully saturated rings. The minimum atomic E-state index is -0.523. The molecule has 30 heavy (non-hydrogen) atoms. The molecule has 0 N–H and O–H groups in total. The molecule has 2 aromatic carbocycles. The smallest absolute Gasteiger partial charge is 0.410 e. The minimum absolute atomic E-state index is 0.197. The van der Waals surface area contributed by atoms with Crippen LogP contribution in [0.3, 0.4) is 0 Å². The standard InChI is InChI=1S/C25H32BrNO3/c1-25(2,3)30-24(28)27(20-13-8-5-9-14-20)17-21-22(26)15-10-16-23(21)29-18-19-11-6-4-7-12-19/h4,6-7,10-12,15-16,20H,5,8-9,13-14,17-18H2,1-3H3. The molecule has 0 atom stereocenters. The van der Waals surface area contributed by atoms with Crippen LogP contribution in [0.5, 0.6) is 5.75 Å². The highest BCUT2D eigenvalue weighted by molar-refractivity contribution is 9.10. The molecule has 1 aliphatic carbocycles. The van der Waals surface area contributed by atoms with Gasteiger partial charge in [-0.25, -0.2) is 4.79 Å². The van der Waals surface area contributed by atoms with Crippen LogP contribution in [0.2, 0.25) is 0 Å². The summed E-state index contributed by atoms with van der Waals surface area (Å²) in [6.45, 7) is 6.69. The van der Waals surface area contributed by atoms with E-state index in [2.05, 4.69) is 15.9 Å². The molecule has 4 nitrogen and oxygen atoms in total. The van der Waals surface area contributed by atoms with Crippen molar-refractivity contribution < 1.29 is 14.3 Å². The lowest BCUT2D eigenvalue weighted by molar-refractivity contribution is 0.00965. The van der Waals surface area contributed by atoms with E-state index in [4.69, 9.17) is 9.47 Å². The molecule has 162 valence electrons. The highest BCUT2D eigenvalue weighted by Gasteiger charge is 2.30. The average Bonchev–Trinajstić information content (AvgIpc) is 2.71. The lowest BCUT2D eigenvalue weighted by atomic mass is 9.94. The van der Waals surface area contributed by atoms with E-state index in [-0.39, 0.29) is 12.1 Å². The molecule has 0 heterocycles. The summed E-state index contributed by atoms with van der Waals surface area (Å²) in [5.41, 5.74) is 1.56. The summed E-state index contributed by atoms with van der Waals surface area (Å²) in [5, 5.41) is 0. The van der Waals surface area contributed by atoms with Gasteiger partial charge in [0.05, 0.1) is 6.54 Å². The Labute approximate surface area is 188 Å². The van der Waals surface area contributed by atoms with Crippen molar-refractivity contribution in [1.82, 2.24) is 4.90 Å². The van der Waals surface area contributed by atoms with Crippen LogP contribution < -0.4 is 4.74 Å². The number of halogens is 1. The monoisotopic (exact) mass is 473 g/mol. The molecular formula is C25H32BrNO3. The number of rotatable bonds is 6. The third-order valence-electron chi connectivity index (χ3n) is 5.28. The maximum Gasteiger partial charge on any atom is 0.410 e. The molecule has 0 radical (unpaired) electrons. The van der Waals surface area contributed by atoms with Gasteiger partial charge in [-0.15, -0.1) is 0 Å². The van der Waals surface area contributed by atoms with Crippen molar-refractivity contribution in [3.63, 3.8) is 0 Å². The number of hydrogen-bond acceptors (Lipinski definition) is 3. The number of benzene rings is 2. The lowest BCUT2D eigenvalue weighted by Gasteiger charge is -2.36. The first-order chi connectivity index (χ1) is 14.3. The molecule has 1 aliphatic rings. The van der Waals surface area contributed by atoms with E-state index in [1.807, 2.05) is 74.2 Å². The first kappa shape index (κ1) is 22.7. The van der Waals surface area contributed by atoms with Crippen LogP contribution in [0.1, 0.15) is 64.0 Å². The van der Waals surface area contributed by atoms with E-state index < -0.39 is 5.60 Å². The van der Waals surface area contributed by atoms with Crippen molar-refractivity contribution >= 4 is 22.0 Å². The Morgan fingerprint density at radius 1 is 1.03 bits per heavy atom. The molecule has 2 aromatic rings. The Bertz CT molecular complexity index is 826. The first-order valence-electron chi connectivity index (χ1n) is 10.8. The van der Waals surface area contributed by atoms with Crippen molar-refractivity contribution in [3.8, 4) is 5.75 Å². The van der Waals surface area contributed by atoms with Gasteiger partial charge in [0.15, 0.2) is 0 Å². The predicted molar refractivity (Wildman–Crippen MR) is 124 cm³/mol. The SMILES string of the molecule is CC(C)(C)OC(=O)N(Cc1c(Br)cccc1OCc1ccccc1)C1CCCCC1. The number of carbonyl (C=O) groups excluding carboxylic acids is 1. The molecule has 0 aliphatic heterocycles. The van der Waals surface area contributed by atoms with Crippen molar-refractivity contribution in [2.75, 3.05) is 0 Å². The van der Waals surface area contributed by atoms with E-state index in [9.17, 15) is 4.79 Å². The summed E-state index contributed by atoms with van der Waals surface area (Å²) in [5.74, 6) is 0.789. The van der Waals surface area contributed by atoms with Gasteiger partial charge in [0.2, 0.25) is 0 Å².